The molecule has 3 rings (SSSR count). The van der Waals surface area contributed by atoms with Crippen LogP contribution >= 0.6 is 0 Å². The Morgan fingerprint density at radius 1 is 1.26 bits per heavy atom. The van der Waals surface area contributed by atoms with Crippen LogP contribution in [0.2, 0.25) is 0 Å². The molecule has 23 heavy (non-hydrogen) atoms. The van der Waals surface area contributed by atoms with Gasteiger partial charge in [0.15, 0.2) is 11.5 Å². The number of benzene rings is 1. The maximum atomic E-state index is 12.1. The number of carbonyl (C=O) groups excluding carboxylic acids is 1. The van der Waals surface area contributed by atoms with Gasteiger partial charge in [0.25, 0.3) is 0 Å². The van der Waals surface area contributed by atoms with Crippen molar-refractivity contribution in [2.45, 2.75) is 45.0 Å². The predicted molar refractivity (Wildman–Crippen MR) is 84.0 cm³/mol. The van der Waals surface area contributed by atoms with Crippen LogP contribution in [0.15, 0.2) is 40.9 Å². The molecule has 1 aromatic carbocycles. The van der Waals surface area contributed by atoms with Gasteiger partial charge in [0.05, 0.1) is 12.7 Å². The molecule has 2 aromatic rings. The van der Waals surface area contributed by atoms with Crippen molar-refractivity contribution < 1.29 is 18.8 Å². The van der Waals surface area contributed by atoms with E-state index in [9.17, 15) is 4.79 Å². The van der Waals surface area contributed by atoms with Crippen LogP contribution in [0.25, 0.3) is 0 Å². The molecule has 1 aliphatic rings. The number of nitrogens with zero attached hydrogens (tertiary/aromatic N) is 1. The monoisotopic (exact) mass is 315 g/mol. The first kappa shape index (κ1) is 15.9. The van der Waals surface area contributed by atoms with Crippen LogP contribution in [0.1, 0.15) is 47.5 Å². The summed E-state index contributed by atoms with van der Waals surface area (Å²) in [5.41, 5.74) is 1.47. The molecule has 1 atom stereocenters. The highest BCUT2D eigenvalue weighted by Crippen LogP contribution is 2.18. The number of aromatic nitrogens is 1. The van der Waals surface area contributed by atoms with E-state index in [0.717, 1.165) is 31.4 Å². The van der Waals surface area contributed by atoms with Crippen molar-refractivity contribution in [2.75, 3.05) is 6.61 Å². The summed E-state index contributed by atoms with van der Waals surface area (Å²) >= 11 is 0. The van der Waals surface area contributed by atoms with E-state index in [1.54, 1.807) is 6.07 Å². The van der Waals surface area contributed by atoms with E-state index in [1.165, 1.54) is 0 Å². The molecule has 1 saturated heterocycles. The van der Waals surface area contributed by atoms with E-state index in [0.29, 0.717) is 31.1 Å². The summed E-state index contributed by atoms with van der Waals surface area (Å²) < 4.78 is 16.3. The Hall–Kier alpha value is -1.98. The van der Waals surface area contributed by atoms with Crippen molar-refractivity contribution in [3.63, 3.8) is 0 Å². The fourth-order valence-corrected chi connectivity index (χ4v) is 2.65. The standard InChI is InChI=1S/C18H21NO4/c20-18(9-8-15-7-4-10-22-15)17-11-16(23-19-17)13-21-12-14-5-2-1-3-6-14/h1-3,5-6,11,15H,4,7-10,12-13H2. The first-order valence-corrected chi connectivity index (χ1v) is 8.03. The lowest BCUT2D eigenvalue weighted by atomic mass is 10.1. The molecule has 1 unspecified atom stereocenters. The molecular formula is C18H21NO4. The van der Waals surface area contributed by atoms with Gasteiger partial charge in [-0.1, -0.05) is 35.5 Å². The molecule has 122 valence electrons. The van der Waals surface area contributed by atoms with Crippen molar-refractivity contribution in [3.8, 4) is 0 Å². The molecule has 0 bridgehead atoms. The van der Waals surface area contributed by atoms with Crippen LogP contribution in [0, 0.1) is 0 Å². The van der Waals surface area contributed by atoms with Crippen LogP contribution in [0.3, 0.4) is 0 Å². The van der Waals surface area contributed by atoms with Gasteiger partial charge in [0, 0.05) is 19.1 Å². The van der Waals surface area contributed by atoms with Crippen LogP contribution in [-0.4, -0.2) is 23.7 Å². The topological polar surface area (TPSA) is 61.6 Å². The minimum Gasteiger partial charge on any atom is -0.378 e. The van der Waals surface area contributed by atoms with Crippen LogP contribution in [0.4, 0.5) is 0 Å². The van der Waals surface area contributed by atoms with Gasteiger partial charge in [-0.15, -0.1) is 0 Å². The lowest BCUT2D eigenvalue weighted by Gasteiger charge is -2.06. The molecule has 1 aromatic heterocycles. The van der Waals surface area contributed by atoms with Gasteiger partial charge in [0.2, 0.25) is 0 Å². The Balaban J connectivity index is 1.42. The first-order valence-electron chi connectivity index (χ1n) is 8.03. The second-order valence-electron chi connectivity index (χ2n) is 5.75. The summed E-state index contributed by atoms with van der Waals surface area (Å²) in [4.78, 5) is 12.1. The fourth-order valence-electron chi connectivity index (χ4n) is 2.65. The summed E-state index contributed by atoms with van der Waals surface area (Å²) in [6, 6.07) is 11.6. The largest absolute Gasteiger partial charge is 0.378 e. The third-order valence-electron chi connectivity index (χ3n) is 3.92. The zero-order valence-electron chi connectivity index (χ0n) is 13.1. The van der Waals surface area contributed by atoms with Gasteiger partial charge >= 0.3 is 0 Å². The van der Waals surface area contributed by atoms with Crippen molar-refractivity contribution >= 4 is 5.78 Å². The number of carbonyl (C=O) groups is 1. The maximum Gasteiger partial charge on any atom is 0.184 e. The number of hydrogen-bond acceptors (Lipinski definition) is 5. The number of ether oxygens (including phenoxy) is 2. The van der Waals surface area contributed by atoms with Gasteiger partial charge in [-0.25, -0.2) is 0 Å². The number of hydrogen-bond donors (Lipinski definition) is 0. The lowest BCUT2D eigenvalue weighted by Crippen LogP contribution is -2.09. The Kier molecular flexibility index (Phi) is 5.56. The van der Waals surface area contributed by atoms with Crippen LogP contribution in [0.5, 0.6) is 0 Å². The highest BCUT2D eigenvalue weighted by molar-refractivity contribution is 5.94. The summed E-state index contributed by atoms with van der Waals surface area (Å²) in [5.74, 6) is 0.569. The van der Waals surface area contributed by atoms with Crippen molar-refractivity contribution in [1.29, 1.82) is 0 Å². The Morgan fingerprint density at radius 3 is 2.91 bits per heavy atom. The van der Waals surface area contributed by atoms with Crippen molar-refractivity contribution in [2.24, 2.45) is 0 Å². The first-order chi connectivity index (χ1) is 11.3. The van der Waals surface area contributed by atoms with Crippen LogP contribution < -0.4 is 0 Å². The molecule has 0 amide bonds. The second-order valence-corrected chi connectivity index (χ2v) is 5.75. The summed E-state index contributed by atoms with van der Waals surface area (Å²) in [6.07, 6.45) is 3.56. The van der Waals surface area contributed by atoms with E-state index in [1.807, 2.05) is 30.3 Å². The van der Waals surface area contributed by atoms with Crippen LogP contribution in [-0.2, 0) is 22.7 Å². The number of ketones is 1. The normalized spacial score (nSPS) is 17.5. The molecule has 1 fully saturated rings. The molecule has 0 saturated carbocycles. The van der Waals surface area contributed by atoms with Crippen molar-refractivity contribution in [1.82, 2.24) is 5.16 Å². The molecule has 0 aliphatic carbocycles. The molecule has 1 aliphatic heterocycles. The van der Waals surface area contributed by atoms with Gasteiger partial charge in [0.1, 0.15) is 12.3 Å². The smallest absolute Gasteiger partial charge is 0.184 e. The number of Topliss-reactive ketones (excluding diaryl/α,β-unsaturated/α-hetero) is 1. The third-order valence-corrected chi connectivity index (χ3v) is 3.92. The highest BCUT2D eigenvalue weighted by Gasteiger charge is 2.19. The van der Waals surface area contributed by atoms with E-state index in [2.05, 4.69) is 5.16 Å². The van der Waals surface area contributed by atoms with Gasteiger partial charge < -0.3 is 14.0 Å². The molecule has 0 spiro atoms. The van der Waals surface area contributed by atoms with Gasteiger partial charge in [-0.3, -0.25) is 4.79 Å². The Morgan fingerprint density at radius 2 is 2.13 bits per heavy atom. The molecule has 0 N–H and O–H groups in total. The molecule has 5 heteroatoms. The average molecular weight is 315 g/mol. The SMILES string of the molecule is O=C(CCC1CCCO1)c1cc(COCc2ccccc2)on1. The Bertz CT molecular complexity index is 617. The van der Waals surface area contributed by atoms with E-state index in [-0.39, 0.29) is 11.9 Å². The lowest BCUT2D eigenvalue weighted by molar-refractivity contribution is 0.0846. The number of rotatable bonds is 8. The maximum absolute atomic E-state index is 12.1. The predicted octanol–water partition coefficient (Wildman–Crippen LogP) is 3.53. The van der Waals surface area contributed by atoms with Gasteiger partial charge in [-0.05, 0) is 24.8 Å². The quantitative estimate of drug-likeness (QED) is 0.697. The second kappa shape index (κ2) is 8.04. The third kappa shape index (κ3) is 4.74. The molecule has 0 radical (unpaired) electrons. The minimum atomic E-state index is -0.00133. The summed E-state index contributed by atoms with van der Waals surface area (Å²) in [5, 5.41) is 3.84. The van der Waals surface area contributed by atoms with E-state index in [4.69, 9.17) is 14.0 Å². The highest BCUT2D eigenvalue weighted by atomic mass is 16.5. The summed E-state index contributed by atoms with van der Waals surface area (Å²) in [7, 11) is 0. The van der Waals surface area contributed by atoms with Crippen molar-refractivity contribution in [3.05, 3.63) is 53.4 Å². The molecule has 2 heterocycles. The van der Waals surface area contributed by atoms with E-state index >= 15 is 0 Å². The minimum absolute atomic E-state index is 0.00133. The van der Waals surface area contributed by atoms with E-state index < -0.39 is 0 Å². The molecule has 5 nitrogen and oxygen atoms in total. The van der Waals surface area contributed by atoms with Gasteiger partial charge in [-0.2, -0.15) is 0 Å². The molecular weight excluding hydrogens is 294 g/mol. The average Bonchev–Trinajstić information content (AvgIpc) is 3.25. The zero-order chi connectivity index (χ0) is 15.9. The summed E-state index contributed by atoms with van der Waals surface area (Å²) in [6.45, 7) is 1.62. The fraction of sp³-hybridized carbons (Fsp3) is 0.444. The Labute approximate surface area is 135 Å². The zero-order valence-corrected chi connectivity index (χ0v) is 13.1.